The monoisotopic (exact) mass is 340 g/mol. The van der Waals surface area contributed by atoms with Crippen molar-refractivity contribution >= 4 is 17.5 Å². The van der Waals surface area contributed by atoms with Gasteiger partial charge in [0.2, 0.25) is 11.8 Å². The van der Waals surface area contributed by atoms with Gasteiger partial charge in [0.05, 0.1) is 12.1 Å². The van der Waals surface area contributed by atoms with Gasteiger partial charge >= 0.3 is 0 Å². The molecule has 1 aliphatic carbocycles. The first kappa shape index (κ1) is 16.9. The lowest BCUT2D eigenvalue weighted by Crippen LogP contribution is -2.32. The van der Waals surface area contributed by atoms with Crippen LogP contribution in [0.5, 0.6) is 0 Å². The molecule has 0 aliphatic heterocycles. The molecule has 6 heteroatoms. The minimum Gasteiger partial charge on any atom is -0.390 e. The van der Waals surface area contributed by atoms with Gasteiger partial charge in [0.1, 0.15) is 5.82 Å². The van der Waals surface area contributed by atoms with Crippen LogP contribution in [0.15, 0.2) is 60.7 Å². The summed E-state index contributed by atoms with van der Waals surface area (Å²) in [6.07, 6.45) is 1.98. The van der Waals surface area contributed by atoms with E-state index in [2.05, 4.69) is 10.6 Å². The molecule has 0 saturated carbocycles. The van der Waals surface area contributed by atoms with Crippen molar-refractivity contribution in [3.05, 3.63) is 77.6 Å². The largest absolute Gasteiger partial charge is 0.390 e. The van der Waals surface area contributed by atoms with Gasteiger partial charge < -0.3 is 15.7 Å². The molecule has 0 radical (unpaired) electrons. The summed E-state index contributed by atoms with van der Waals surface area (Å²) < 4.78 is 12.8. The fourth-order valence-electron chi connectivity index (χ4n) is 2.82. The zero-order valence-electron chi connectivity index (χ0n) is 13.3. The Balaban J connectivity index is 1.58. The summed E-state index contributed by atoms with van der Waals surface area (Å²) in [5.41, 5.74) is 2.31. The van der Waals surface area contributed by atoms with E-state index in [0.717, 1.165) is 23.3 Å². The average molecular weight is 340 g/mol. The van der Waals surface area contributed by atoms with Gasteiger partial charge in [0, 0.05) is 24.3 Å². The number of anilines is 1. The molecule has 0 bridgehead atoms. The lowest BCUT2D eigenvalue weighted by Gasteiger charge is -2.16. The van der Waals surface area contributed by atoms with Crippen molar-refractivity contribution in [3.8, 4) is 0 Å². The van der Waals surface area contributed by atoms with E-state index in [4.69, 9.17) is 0 Å². The SMILES string of the molecule is O=C(/C=C/C(=O)N[C@@H]1c2ccccc2C[C@@H]1O)Nc1ccc(F)cc1. The zero-order chi connectivity index (χ0) is 17.8. The molecule has 0 aromatic heterocycles. The molecule has 2 aromatic rings. The third-order valence-electron chi connectivity index (χ3n) is 4.00. The van der Waals surface area contributed by atoms with Crippen LogP contribution in [0.2, 0.25) is 0 Å². The summed E-state index contributed by atoms with van der Waals surface area (Å²) in [7, 11) is 0. The molecule has 0 unspecified atom stereocenters. The van der Waals surface area contributed by atoms with Crippen LogP contribution in [0.1, 0.15) is 17.2 Å². The number of aliphatic hydroxyl groups is 1. The van der Waals surface area contributed by atoms with Crippen LogP contribution in [-0.4, -0.2) is 23.0 Å². The Morgan fingerprint density at radius 3 is 2.48 bits per heavy atom. The van der Waals surface area contributed by atoms with Gasteiger partial charge in [-0.1, -0.05) is 24.3 Å². The van der Waals surface area contributed by atoms with E-state index in [1.54, 1.807) is 0 Å². The van der Waals surface area contributed by atoms with E-state index in [0.29, 0.717) is 12.1 Å². The number of halogens is 1. The maximum Gasteiger partial charge on any atom is 0.248 e. The minimum atomic E-state index is -0.692. The molecule has 3 rings (SSSR count). The van der Waals surface area contributed by atoms with E-state index in [-0.39, 0.29) is 0 Å². The Kier molecular flexibility index (Phi) is 4.90. The zero-order valence-corrected chi connectivity index (χ0v) is 13.3. The van der Waals surface area contributed by atoms with Gasteiger partial charge in [-0.15, -0.1) is 0 Å². The molecule has 3 N–H and O–H groups in total. The first-order valence-electron chi connectivity index (χ1n) is 7.84. The van der Waals surface area contributed by atoms with E-state index >= 15 is 0 Å². The summed E-state index contributed by atoms with van der Waals surface area (Å²) in [5.74, 6) is -1.38. The second-order valence-corrected chi connectivity index (χ2v) is 5.79. The van der Waals surface area contributed by atoms with Crippen LogP contribution in [-0.2, 0) is 16.0 Å². The van der Waals surface area contributed by atoms with Crippen molar-refractivity contribution in [1.82, 2.24) is 5.32 Å². The van der Waals surface area contributed by atoms with Crippen molar-refractivity contribution < 1.29 is 19.1 Å². The quantitative estimate of drug-likeness (QED) is 0.746. The highest BCUT2D eigenvalue weighted by Gasteiger charge is 2.31. The molecule has 1 aliphatic rings. The Labute approximate surface area is 144 Å². The number of aliphatic hydroxyl groups excluding tert-OH is 1. The molecule has 2 atom stereocenters. The first-order valence-corrected chi connectivity index (χ1v) is 7.84. The lowest BCUT2D eigenvalue weighted by molar-refractivity contribution is -0.118. The number of hydrogen-bond acceptors (Lipinski definition) is 3. The molecule has 2 aromatic carbocycles. The fourth-order valence-corrected chi connectivity index (χ4v) is 2.82. The lowest BCUT2D eigenvalue weighted by atomic mass is 10.1. The Bertz CT molecular complexity index is 818. The predicted octanol–water partition coefficient (Wildman–Crippen LogP) is 2.09. The van der Waals surface area contributed by atoms with Crippen molar-refractivity contribution in [2.24, 2.45) is 0 Å². The van der Waals surface area contributed by atoms with Gasteiger partial charge in [-0.2, -0.15) is 0 Å². The van der Waals surface area contributed by atoms with Crippen LogP contribution in [0.4, 0.5) is 10.1 Å². The van der Waals surface area contributed by atoms with Gasteiger partial charge in [-0.05, 0) is 35.4 Å². The maximum absolute atomic E-state index is 12.8. The van der Waals surface area contributed by atoms with Crippen molar-refractivity contribution in [2.45, 2.75) is 18.6 Å². The number of rotatable bonds is 4. The van der Waals surface area contributed by atoms with Crippen molar-refractivity contribution in [3.63, 3.8) is 0 Å². The maximum atomic E-state index is 12.8. The highest BCUT2D eigenvalue weighted by Crippen LogP contribution is 2.31. The average Bonchev–Trinajstić information content (AvgIpc) is 2.91. The number of benzene rings is 2. The molecule has 0 saturated heterocycles. The van der Waals surface area contributed by atoms with Crippen LogP contribution >= 0.6 is 0 Å². The normalized spacial score (nSPS) is 18.8. The Hall–Kier alpha value is -2.99. The molecular formula is C19H17FN2O3. The summed E-state index contributed by atoms with van der Waals surface area (Å²) >= 11 is 0. The standard InChI is InChI=1S/C19H17FN2O3/c20-13-5-7-14(8-6-13)21-17(24)9-10-18(25)22-19-15-4-2-1-3-12(15)11-16(19)23/h1-10,16,19,23H,11H2,(H,21,24)(H,22,25)/b10-9+/t16-,19+/m0/s1. The van der Waals surface area contributed by atoms with Crippen LogP contribution in [0, 0.1) is 5.82 Å². The molecule has 0 fully saturated rings. The highest BCUT2D eigenvalue weighted by molar-refractivity contribution is 6.03. The number of hydrogen-bond donors (Lipinski definition) is 3. The van der Waals surface area contributed by atoms with Gasteiger partial charge in [-0.3, -0.25) is 9.59 Å². The van der Waals surface area contributed by atoms with Crippen molar-refractivity contribution in [2.75, 3.05) is 5.32 Å². The van der Waals surface area contributed by atoms with Crippen molar-refractivity contribution in [1.29, 1.82) is 0 Å². The third-order valence-corrected chi connectivity index (χ3v) is 4.00. The molecular weight excluding hydrogens is 323 g/mol. The molecule has 0 heterocycles. The van der Waals surface area contributed by atoms with Gasteiger partial charge in [0.25, 0.3) is 0 Å². The van der Waals surface area contributed by atoms with Crippen LogP contribution in [0.25, 0.3) is 0 Å². The number of nitrogens with one attached hydrogen (secondary N) is 2. The van der Waals surface area contributed by atoms with Crippen LogP contribution < -0.4 is 10.6 Å². The fraction of sp³-hybridized carbons (Fsp3) is 0.158. The second kappa shape index (κ2) is 7.27. The molecule has 2 amide bonds. The summed E-state index contributed by atoms with van der Waals surface area (Å²) in [6, 6.07) is 12.3. The summed E-state index contributed by atoms with van der Waals surface area (Å²) in [6.45, 7) is 0. The minimum absolute atomic E-state index is 0.400. The molecule has 5 nitrogen and oxygen atoms in total. The van der Waals surface area contributed by atoms with Gasteiger partial charge in [-0.25, -0.2) is 4.39 Å². The molecule has 25 heavy (non-hydrogen) atoms. The van der Waals surface area contributed by atoms with E-state index in [1.807, 2.05) is 24.3 Å². The predicted molar refractivity (Wildman–Crippen MR) is 91.2 cm³/mol. The third kappa shape index (κ3) is 4.10. The second-order valence-electron chi connectivity index (χ2n) is 5.79. The van der Waals surface area contributed by atoms with E-state index in [9.17, 15) is 19.1 Å². The molecule has 128 valence electrons. The van der Waals surface area contributed by atoms with E-state index < -0.39 is 29.8 Å². The highest BCUT2D eigenvalue weighted by atomic mass is 19.1. The summed E-state index contributed by atoms with van der Waals surface area (Å²) in [4.78, 5) is 23.8. The topological polar surface area (TPSA) is 78.4 Å². The van der Waals surface area contributed by atoms with Gasteiger partial charge in [0.15, 0.2) is 0 Å². The van der Waals surface area contributed by atoms with E-state index in [1.165, 1.54) is 24.3 Å². The number of amides is 2. The number of carbonyl (C=O) groups excluding carboxylic acids is 2. The smallest absolute Gasteiger partial charge is 0.248 e. The Morgan fingerprint density at radius 1 is 1.04 bits per heavy atom. The van der Waals surface area contributed by atoms with Crippen LogP contribution in [0.3, 0.4) is 0 Å². The molecule has 0 spiro atoms. The first-order chi connectivity index (χ1) is 12.0. The number of carbonyl (C=O) groups is 2. The summed E-state index contributed by atoms with van der Waals surface area (Å²) in [5, 5.41) is 15.3. The Morgan fingerprint density at radius 2 is 1.72 bits per heavy atom. The number of fused-ring (bicyclic) bond motifs is 1.